The maximum Gasteiger partial charge on any atom is 0.229 e. The van der Waals surface area contributed by atoms with Crippen LogP contribution < -0.4 is 14.8 Å². The molecule has 1 aliphatic rings. The molecule has 2 heterocycles. The van der Waals surface area contributed by atoms with Gasteiger partial charge in [-0.15, -0.1) is 0 Å². The highest BCUT2D eigenvalue weighted by atomic mass is 16.6. The number of nitrogens with one attached hydrogen (secondary N) is 1. The van der Waals surface area contributed by atoms with E-state index in [0.29, 0.717) is 24.8 Å². The van der Waals surface area contributed by atoms with E-state index in [2.05, 4.69) is 10.4 Å². The van der Waals surface area contributed by atoms with Gasteiger partial charge in [0.1, 0.15) is 13.2 Å². The summed E-state index contributed by atoms with van der Waals surface area (Å²) in [6, 6.07) is 7.29. The van der Waals surface area contributed by atoms with Crippen molar-refractivity contribution in [2.24, 2.45) is 7.05 Å². The maximum atomic E-state index is 11.9. The molecule has 0 bridgehead atoms. The van der Waals surface area contributed by atoms with Crippen LogP contribution in [-0.4, -0.2) is 28.9 Å². The molecule has 1 aromatic carbocycles. The summed E-state index contributed by atoms with van der Waals surface area (Å²) in [6.07, 6.45) is 2.05. The SMILES string of the molecule is Cn1ccc(NC(=O)Cc2ccc3c(c2)OCCO3)n1. The van der Waals surface area contributed by atoms with Crippen molar-refractivity contribution in [3.63, 3.8) is 0 Å². The van der Waals surface area contributed by atoms with Gasteiger partial charge in [0.15, 0.2) is 17.3 Å². The molecule has 0 saturated carbocycles. The number of hydrogen-bond donors (Lipinski definition) is 1. The number of fused-ring (bicyclic) bond motifs is 1. The van der Waals surface area contributed by atoms with Crippen LogP contribution in [0.3, 0.4) is 0 Å². The van der Waals surface area contributed by atoms with E-state index in [0.717, 1.165) is 11.3 Å². The Kier molecular flexibility index (Phi) is 3.28. The van der Waals surface area contributed by atoms with Crippen molar-refractivity contribution in [1.82, 2.24) is 9.78 Å². The average Bonchev–Trinajstić information content (AvgIpc) is 2.83. The summed E-state index contributed by atoms with van der Waals surface area (Å²) in [5, 5.41) is 6.85. The van der Waals surface area contributed by atoms with Gasteiger partial charge in [-0.25, -0.2) is 0 Å². The van der Waals surface area contributed by atoms with Crippen molar-refractivity contribution in [3.05, 3.63) is 36.0 Å². The van der Waals surface area contributed by atoms with Gasteiger partial charge >= 0.3 is 0 Å². The third-order valence-electron chi connectivity index (χ3n) is 2.95. The van der Waals surface area contributed by atoms with Gasteiger partial charge in [-0.2, -0.15) is 5.10 Å². The van der Waals surface area contributed by atoms with E-state index in [4.69, 9.17) is 9.47 Å². The van der Waals surface area contributed by atoms with Gasteiger partial charge in [-0.3, -0.25) is 9.48 Å². The fraction of sp³-hybridized carbons (Fsp3) is 0.286. The highest BCUT2D eigenvalue weighted by molar-refractivity contribution is 5.91. The molecular formula is C14H15N3O3. The minimum Gasteiger partial charge on any atom is -0.486 e. The average molecular weight is 273 g/mol. The number of anilines is 1. The molecular weight excluding hydrogens is 258 g/mol. The number of nitrogens with zero attached hydrogens (tertiary/aromatic N) is 2. The fourth-order valence-corrected chi connectivity index (χ4v) is 2.05. The first kappa shape index (κ1) is 12.5. The number of aromatic nitrogens is 2. The van der Waals surface area contributed by atoms with Gasteiger partial charge in [0.25, 0.3) is 0 Å². The number of carbonyl (C=O) groups excluding carboxylic acids is 1. The number of ether oxygens (including phenoxy) is 2. The summed E-state index contributed by atoms with van der Waals surface area (Å²) in [4.78, 5) is 11.9. The van der Waals surface area contributed by atoms with Crippen LogP contribution in [0.2, 0.25) is 0 Å². The Morgan fingerprint density at radius 3 is 2.85 bits per heavy atom. The Morgan fingerprint density at radius 1 is 1.30 bits per heavy atom. The van der Waals surface area contributed by atoms with E-state index < -0.39 is 0 Å². The van der Waals surface area contributed by atoms with Crippen LogP contribution >= 0.6 is 0 Å². The zero-order valence-electron chi connectivity index (χ0n) is 11.1. The first-order chi connectivity index (χ1) is 9.70. The zero-order chi connectivity index (χ0) is 13.9. The molecule has 1 N–H and O–H groups in total. The van der Waals surface area contributed by atoms with Gasteiger partial charge in [-0.05, 0) is 17.7 Å². The van der Waals surface area contributed by atoms with Crippen LogP contribution in [0, 0.1) is 0 Å². The molecule has 1 aliphatic heterocycles. The van der Waals surface area contributed by atoms with Crippen molar-refractivity contribution < 1.29 is 14.3 Å². The summed E-state index contributed by atoms with van der Waals surface area (Å²) < 4.78 is 12.6. The molecule has 6 nitrogen and oxygen atoms in total. The predicted octanol–water partition coefficient (Wildman–Crippen LogP) is 1.37. The molecule has 6 heteroatoms. The Bertz CT molecular complexity index is 636. The van der Waals surface area contributed by atoms with Gasteiger partial charge < -0.3 is 14.8 Å². The number of aryl methyl sites for hydroxylation is 1. The number of benzene rings is 1. The Hall–Kier alpha value is -2.50. The molecule has 3 rings (SSSR count). The van der Waals surface area contributed by atoms with Gasteiger partial charge in [0.05, 0.1) is 6.42 Å². The van der Waals surface area contributed by atoms with Crippen LogP contribution in [-0.2, 0) is 18.3 Å². The lowest BCUT2D eigenvalue weighted by atomic mass is 10.1. The van der Waals surface area contributed by atoms with Crippen LogP contribution in [0.15, 0.2) is 30.5 Å². The normalized spacial score (nSPS) is 13.1. The summed E-state index contributed by atoms with van der Waals surface area (Å²) in [5.74, 6) is 1.86. The van der Waals surface area contributed by atoms with Crippen LogP contribution in [0.25, 0.3) is 0 Å². The Labute approximate surface area is 116 Å². The van der Waals surface area contributed by atoms with E-state index >= 15 is 0 Å². The molecule has 0 aliphatic carbocycles. The van der Waals surface area contributed by atoms with Crippen molar-refractivity contribution in [3.8, 4) is 11.5 Å². The third-order valence-corrected chi connectivity index (χ3v) is 2.95. The van der Waals surface area contributed by atoms with E-state index in [9.17, 15) is 4.79 Å². The lowest BCUT2D eigenvalue weighted by Gasteiger charge is -2.18. The van der Waals surface area contributed by atoms with Gasteiger partial charge in [0.2, 0.25) is 5.91 Å². The molecule has 0 fully saturated rings. The molecule has 0 unspecified atom stereocenters. The van der Waals surface area contributed by atoms with Crippen LogP contribution in [0.1, 0.15) is 5.56 Å². The molecule has 104 valence electrons. The van der Waals surface area contributed by atoms with E-state index in [1.54, 1.807) is 24.0 Å². The smallest absolute Gasteiger partial charge is 0.229 e. The first-order valence-corrected chi connectivity index (χ1v) is 6.39. The van der Waals surface area contributed by atoms with E-state index in [1.807, 2.05) is 18.2 Å². The highest BCUT2D eigenvalue weighted by Crippen LogP contribution is 2.30. The maximum absolute atomic E-state index is 11.9. The van der Waals surface area contributed by atoms with E-state index in [1.165, 1.54) is 0 Å². The number of rotatable bonds is 3. The first-order valence-electron chi connectivity index (χ1n) is 6.39. The van der Waals surface area contributed by atoms with Gasteiger partial charge in [-0.1, -0.05) is 6.07 Å². The van der Waals surface area contributed by atoms with Crippen LogP contribution in [0.4, 0.5) is 5.82 Å². The van der Waals surface area contributed by atoms with Crippen LogP contribution in [0.5, 0.6) is 11.5 Å². The second kappa shape index (κ2) is 5.24. The summed E-state index contributed by atoms with van der Waals surface area (Å²) in [7, 11) is 1.80. The third kappa shape index (κ3) is 2.74. The molecule has 1 amide bonds. The molecule has 0 saturated heterocycles. The largest absolute Gasteiger partial charge is 0.486 e. The molecule has 0 radical (unpaired) electrons. The predicted molar refractivity (Wildman–Crippen MR) is 73.0 cm³/mol. The zero-order valence-corrected chi connectivity index (χ0v) is 11.1. The van der Waals surface area contributed by atoms with Crippen molar-refractivity contribution in [2.75, 3.05) is 18.5 Å². The number of carbonyl (C=O) groups is 1. The molecule has 1 aromatic heterocycles. The van der Waals surface area contributed by atoms with Crippen molar-refractivity contribution in [1.29, 1.82) is 0 Å². The number of amides is 1. The fourth-order valence-electron chi connectivity index (χ4n) is 2.05. The second-order valence-corrected chi connectivity index (χ2v) is 4.58. The topological polar surface area (TPSA) is 65.4 Å². The van der Waals surface area contributed by atoms with Crippen molar-refractivity contribution >= 4 is 11.7 Å². The number of hydrogen-bond acceptors (Lipinski definition) is 4. The lowest BCUT2D eigenvalue weighted by molar-refractivity contribution is -0.115. The van der Waals surface area contributed by atoms with Crippen molar-refractivity contribution in [2.45, 2.75) is 6.42 Å². The summed E-state index contributed by atoms with van der Waals surface area (Å²) in [6.45, 7) is 1.10. The second-order valence-electron chi connectivity index (χ2n) is 4.58. The standard InChI is InChI=1S/C14H15N3O3/c1-17-5-4-13(16-17)15-14(18)9-10-2-3-11-12(8-10)20-7-6-19-11/h2-5,8H,6-7,9H2,1H3,(H,15,16,18). The molecule has 0 spiro atoms. The lowest BCUT2D eigenvalue weighted by Crippen LogP contribution is -2.17. The highest BCUT2D eigenvalue weighted by Gasteiger charge is 2.13. The van der Waals surface area contributed by atoms with Gasteiger partial charge in [0, 0.05) is 19.3 Å². The quantitative estimate of drug-likeness (QED) is 0.917. The molecule has 20 heavy (non-hydrogen) atoms. The molecule has 0 atom stereocenters. The Morgan fingerprint density at radius 2 is 2.10 bits per heavy atom. The monoisotopic (exact) mass is 273 g/mol. The minimum atomic E-state index is -0.111. The summed E-state index contributed by atoms with van der Waals surface area (Å²) in [5.41, 5.74) is 0.877. The Balaban J connectivity index is 1.66. The molecule has 2 aromatic rings. The summed E-state index contributed by atoms with van der Waals surface area (Å²) >= 11 is 0. The van der Waals surface area contributed by atoms with E-state index in [-0.39, 0.29) is 12.3 Å². The minimum absolute atomic E-state index is 0.111.